The van der Waals surface area contributed by atoms with Crippen LogP contribution < -0.4 is 5.32 Å². The molecule has 3 nitrogen and oxygen atoms in total. The van der Waals surface area contributed by atoms with E-state index in [4.69, 9.17) is 4.42 Å². The van der Waals surface area contributed by atoms with Crippen molar-refractivity contribution in [3.05, 3.63) is 24.2 Å². The van der Waals surface area contributed by atoms with Crippen LogP contribution in [0.4, 0.5) is 0 Å². The number of furan rings is 1. The molecule has 0 amide bonds. The third kappa shape index (κ3) is 2.40. The Bertz CT molecular complexity index is 349. The van der Waals surface area contributed by atoms with Gasteiger partial charge in [0.2, 0.25) is 0 Å². The van der Waals surface area contributed by atoms with Gasteiger partial charge in [-0.15, -0.1) is 0 Å². The van der Waals surface area contributed by atoms with Crippen molar-refractivity contribution in [2.75, 3.05) is 13.1 Å². The van der Waals surface area contributed by atoms with E-state index in [2.05, 4.69) is 23.2 Å². The first-order chi connectivity index (χ1) is 8.33. The van der Waals surface area contributed by atoms with Crippen LogP contribution in [0.1, 0.15) is 44.2 Å². The summed E-state index contributed by atoms with van der Waals surface area (Å²) >= 11 is 0. The Morgan fingerprint density at radius 2 is 2.35 bits per heavy atom. The molecular weight excluding hydrogens is 212 g/mol. The molecule has 3 heterocycles. The molecule has 0 saturated carbocycles. The van der Waals surface area contributed by atoms with Crippen LogP contribution in [0.25, 0.3) is 0 Å². The van der Waals surface area contributed by atoms with E-state index in [1.165, 1.54) is 44.3 Å². The van der Waals surface area contributed by atoms with Crippen molar-refractivity contribution in [1.29, 1.82) is 0 Å². The molecule has 2 fully saturated rings. The van der Waals surface area contributed by atoms with Crippen molar-refractivity contribution in [2.45, 2.75) is 50.7 Å². The second-order valence-electron chi connectivity index (χ2n) is 5.50. The minimum absolute atomic E-state index is 0.409. The van der Waals surface area contributed by atoms with Crippen LogP contribution >= 0.6 is 0 Å². The van der Waals surface area contributed by atoms with Crippen molar-refractivity contribution < 1.29 is 4.42 Å². The van der Waals surface area contributed by atoms with Crippen LogP contribution in [0.3, 0.4) is 0 Å². The number of nitrogens with one attached hydrogen (secondary N) is 1. The van der Waals surface area contributed by atoms with Gasteiger partial charge in [0.15, 0.2) is 0 Å². The summed E-state index contributed by atoms with van der Waals surface area (Å²) in [5.74, 6) is 0. The topological polar surface area (TPSA) is 28.4 Å². The summed E-state index contributed by atoms with van der Waals surface area (Å²) in [6.45, 7) is 4.83. The number of piperidine rings is 1. The third-order valence-electron chi connectivity index (χ3n) is 4.35. The number of nitrogens with zero attached hydrogens (tertiary/aromatic N) is 1. The molecule has 2 aliphatic heterocycles. The second-order valence-corrected chi connectivity index (χ2v) is 5.50. The van der Waals surface area contributed by atoms with Gasteiger partial charge in [-0.1, -0.05) is 0 Å². The van der Waals surface area contributed by atoms with E-state index in [-0.39, 0.29) is 0 Å². The van der Waals surface area contributed by atoms with Gasteiger partial charge in [0.25, 0.3) is 0 Å². The van der Waals surface area contributed by atoms with E-state index in [1.807, 2.05) is 6.26 Å². The molecule has 3 atom stereocenters. The Morgan fingerprint density at radius 3 is 3.18 bits per heavy atom. The van der Waals surface area contributed by atoms with Gasteiger partial charge in [-0.05, 0) is 51.8 Å². The molecule has 2 saturated heterocycles. The second kappa shape index (κ2) is 4.83. The Labute approximate surface area is 103 Å². The van der Waals surface area contributed by atoms with Gasteiger partial charge in [-0.25, -0.2) is 0 Å². The summed E-state index contributed by atoms with van der Waals surface area (Å²) in [4.78, 5) is 2.67. The number of rotatable bonds is 3. The lowest BCUT2D eigenvalue weighted by Gasteiger charge is -2.36. The maximum atomic E-state index is 5.15. The van der Waals surface area contributed by atoms with Crippen LogP contribution in [-0.4, -0.2) is 30.1 Å². The molecule has 2 aliphatic rings. The summed E-state index contributed by atoms with van der Waals surface area (Å²) in [6.07, 6.45) is 9.02. The van der Waals surface area contributed by atoms with Crippen LogP contribution in [-0.2, 0) is 0 Å². The van der Waals surface area contributed by atoms with Crippen molar-refractivity contribution in [3.63, 3.8) is 0 Å². The molecule has 1 N–H and O–H groups in total. The minimum Gasteiger partial charge on any atom is -0.472 e. The quantitative estimate of drug-likeness (QED) is 0.871. The van der Waals surface area contributed by atoms with Gasteiger partial charge in [-0.2, -0.15) is 0 Å². The zero-order chi connectivity index (χ0) is 11.7. The first kappa shape index (κ1) is 11.3. The fourth-order valence-electron chi connectivity index (χ4n) is 3.35. The Morgan fingerprint density at radius 1 is 1.41 bits per heavy atom. The Hall–Kier alpha value is -0.800. The molecule has 0 bridgehead atoms. The third-order valence-corrected chi connectivity index (χ3v) is 4.35. The lowest BCUT2D eigenvalue weighted by Crippen LogP contribution is -2.46. The standard InChI is InChI=1S/C14H22N2O/c1-11(12-5-8-17-10-12)15-13-4-7-16-6-2-3-14(16)9-13/h5,8,10-11,13-15H,2-4,6-7,9H2,1H3. The molecule has 94 valence electrons. The molecule has 1 aromatic heterocycles. The molecule has 0 radical (unpaired) electrons. The van der Waals surface area contributed by atoms with Gasteiger partial charge in [0, 0.05) is 23.7 Å². The first-order valence-electron chi connectivity index (χ1n) is 6.85. The highest BCUT2D eigenvalue weighted by molar-refractivity contribution is 5.10. The van der Waals surface area contributed by atoms with Crippen LogP contribution in [0.2, 0.25) is 0 Å². The first-order valence-corrected chi connectivity index (χ1v) is 6.85. The molecule has 3 unspecified atom stereocenters. The molecule has 1 aromatic rings. The maximum absolute atomic E-state index is 5.15. The maximum Gasteiger partial charge on any atom is 0.0950 e. The van der Waals surface area contributed by atoms with Crippen molar-refractivity contribution in [2.24, 2.45) is 0 Å². The SMILES string of the molecule is CC(NC1CCN2CCCC2C1)c1ccoc1. The number of hydrogen-bond acceptors (Lipinski definition) is 3. The lowest BCUT2D eigenvalue weighted by molar-refractivity contribution is 0.162. The molecule has 0 spiro atoms. The minimum atomic E-state index is 0.409. The highest BCUT2D eigenvalue weighted by Crippen LogP contribution is 2.28. The van der Waals surface area contributed by atoms with Gasteiger partial charge in [0.05, 0.1) is 12.5 Å². The average Bonchev–Trinajstić information content (AvgIpc) is 2.99. The molecule has 3 rings (SSSR count). The van der Waals surface area contributed by atoms with Gasteiger partial charge in [0.1, 0.15) is 0 Å². The fraction of sp³-hybridized carbons (Fsp3) is 0.714. The molecule has 17 heavy (non-hydrogen) atoms. The zero-order valence-electron chi connectivity index (χ0n) is 10.6. The molecular formula is C14H22N2O. The zero-order valence-corrected chi connectivity index (χ0v) is 10.6. The van der Waals surface area contributed by atoms with E-state index in [0.717, 1.165) is 6.04 Å². The van der Waals surface area contributed by atoms with Crippen LogP contribution in [0.15, 0.2) is 23.0 Å². The molecule has 0 aliphatic carbocycles. The summed E-state index contributed by atoms with van der Waals surface area (Å²) in [5.41, 5.74) is 1.26. The van der Waals surface area contributed by atoms with E-state index in [1.54, 1.807) is 6.26 Å². The highest BCUT2D eigenvalue weighted by atomic mass is 16.3. The van der Waals surface area contributed by atoms with E-state index >= 15 is 0 Å². The van der Waals surface area contributed by atoms with Gasteiger partial charge in [-0.3, -0.25) is 0 Å². The van der Waals surface area contributed by atoms with Gasteiger partial charge >= 0.3 is 0 Å². The Kier molecular flexibility index (Phi) is 3.21. The highest BCUT2D eigenvalue weighted by Gasteiger charge is 2.32. The largest absolute Gasteiger partial charge is 0.472 e. The number of hydrogen-bond donors (Lipinski definition) is 1. The summed E-state index contributed by atoms with van der Waals surface area (Å²) in [5, 5.41) is 3.75. The lowest BCUT2D eigenvalue weighted by atomic mass is 9.96. The van der Waals surface area contributed by atoms with Crippen molar-refractivity contribution in [3.8, 4) is 0 Å². The van der Waals surface area contributed by atoms with Crippen LogP contribution in [0, 0.1) is 0 Å². The predicted octanol–water partition coefficient (Wildman–Crippen LogP) is 2.56. The summed E-state index contributed by atoms with van der Waals surface area (Å²) < 4.78 is 5.15. The molecule has 3 heteroatoms. The fourth-order valence-corrected chi connectivity index (χ4v) is 3.35. The van der Waals surface area contributed by atoms with E-state index in [0.29, 0.717) is 12.1 Å². The number of fused-ring (bicyclic) bond motifs is 1. The summed E-state index contributed by atoms with van der Waals surface area (Å²) in [6, 6.07) is 3.99. The van der Waals surface area contributed by atoms with E-state index < -0.39 is 0 Å². The normalized spacial score (nSPS) is 31.4. The predicted molar refractivity (Wildman–Crippen MR) is 67.9 cm³/mol. The monoisotopic (exact) mass is 234 g/mol. The van der Waals surface area contributed by atoms with Gasteiger partial charge < -0.3 is 14.6 Å². The molecule has 0 aromatic carbocycles. The van der Waals surface area contributed by atoms with E-state index in [9.17, 15) is 0 Å². The smallest absolute Gasteiger partial charge is 0.0950 e. The van der Waals surface area contributed by atoms with Crippen molar-refractivity contribution in [1.82, 2.24) is 10.2 Å². The van der Waals surface area contributed by atoms with Crippen molar-refractivity contribution >= 4 is 0 Å². The Balaban J connectivity index is 1.55. The van der Waals surface area contributed by atoms with Crippen LogP contribution in [0.5, 0.6) is 0 Å². The average molecular weight is 234 g/mol. The summed E-state index contributed by atoms with van der Waals surface area (Å²) in [7, 11) is 0.